The van der Waals surface area contributed by atoms with Gasteiger partial charge in [0, 0.05) is 5.56 Å². The molecule has 25 heavy (non-hydrogen) atoms. The Labute approximate surface area is 145 Å². The summed E-state index contributed by atoms with van der Waals surface area (Å²) in [6.45, 7) is 0.246. The third-order valence-corrected chi connectivity index (χ3v) is 5.10. The first-order valence-electron chi connectivity index (χ1n) is 8.07. The molecular formula is C20H15N3O2. The number of benzene rings is 2. The van der Waals surface area contributed by atoms with Crippen LogP contribution in [0.15, 0.2) is 60.7 Å². The topological polar surface area (TPSA) is 77.1 Å². The normalized spacial score (nSPS) is 26.7. The lowest BCUT2D eigenvalue weighted by molar-refractivity contribution is -0.145. The van der Waals surface area contributed by atoms with E-state index in [-0.39, 0.29) is 25.0 Å². The Morgan fingerprint density at radius 3 is 2.20 bits per heavy atom. The molecule has 2 aromatic carbocycles. The zero-order chi connectivity index (χ0) is 17.5. The van der Waals surface area contributed by atoms with Gasteiger partial charge < -0.3 is 4.74 Å². The van der Waals surface area contributed by atoms with Gasteiger partial charge in [0.25, 0.3) is 0 Å². The van der Waals surface area contributed by atoms with Crippen LogP contribution in [-0.2, 0) is 15.3 Å². The Bertz CT molecular complexity index is 884. The molecule has 0 N–H and O–H groups in total. The number of hydrogen-bond acceptors (Lipinski definition) is 4. The number of rotatable bonds is 2. The molecule has 5 nitrogen and oxygen atoms in total. The van der Waals surface area contributed by atoms with Crippen molar-refractivity contribution in [3.8, 4) is 12.1 Å². The Morgan fingerprint density at radius 2 is 1.60 bits per heavy atom. The van der Waals surface area contributed by atoms with Gasteiger partial charge in [-0.05, 0) is 5.56 Å². The summed E-state index contributed by atoms with van der Waals surface area (Å²) < 4.78 is 6.15. The third kappa shape index (κ3) is 1.88. The third-order valence-electron chi connectivity index (χ3n) is 5.10. The van der Waals surface area contributed by atoms with E-state index in [4.69, 9.17) is 4.74 Å². The zero-order valence-electron chi connectivity index (χ0n) is 13.4. The molecule has 0 aliphatic carbocycles. The first kappa shape index (κ1) is 15.4. The highest BCUT2D eigenvalue weighted by atomic mass is 16.5. The SMILES string of the molecule is N#CC1(C#N)CC(=O)N2[C@H](c3ccccc3)CO[C@]21c1ccccc1. The van der Waals surface area contributed by atoms with Crippen molar-refractivity contribution >= 4 is 5.91 Å². The lowest BCUT2D eigenvalue weighted by atomic mass is 9.76. The van der Waals surface area contributed by atoms with E-state index in [2.05, 4.69) is 12.1 Å². The van der Waals surface area contributed by atoms with E-state index in [9.17, 15) is 15.3 Å². The molecular weight excluding hydrogens is 314 g/mol. The van der Waals surface area contributed by atoms with Crippen LogP contribution in [0, 0.1) is 28.1 Å². The van der Waals surface area contributed by atoms with Gasteiger partial charge in [-0.25, -0.2) is 0 Å². The number of nitriles is 2. The van der Waals surface area contributed by atoms with Crippen LogP contribution < -0.4 is 0 Å². The maximum absolute atomic E-state index is 12.9. The molecule has 2 fully saturated rings. The summed E-state index contributed by atoms with van der Waals surface area (Å²) >= 11 is 0. The highest BCUT2D eigenvalue weighted by Crippen LogP contribution is 2.59. The molecule has 1 amide bonds. The fraction of sp³-hybridized carbons (Fsp3) is 0.250. The monoisotopic (exact) mass is 329 g/mol. The fourth-order valence-corrected chi connectivity index (χ4v) is 3.98. The smallest absolute Gasteiger partial charge is 0.228 e. The summed E-state index contributed by atoms with van der Waals surface area (Å²) in [5.74, 6) is -0.238. The molecule has 0 aromatic heterocycles. The minimum absolute atomic E-state index is 0.168. The lowest BCUT2D eigenvalue weighted by Crippen LogP contribution is -2.48. The maximum Gasteiger partial charge on any atom is 0.228 e. The summed E-state index contributed by atoms with van der Waals surface area (Å²) in [5, 5.41) is 19.7. The van der Waals surface area contributed by atoms with Gasteiger partial charge in [0.05, 0.1) is 31.2 Å². The molecule has 0 spiro atoms. The second-order valence-electron chi connectivity index (χ2n) is 6.32. The number of fused-ring (bicyclic) bond motifs is 1. The molecule has 0 bridgehead atoms. The van der Waals surface area contributed by atoms with Crippen LogP contribution in [0.2, 0.25) is 0 Å². The lowest BCUT2D eigenvalue weighted by Gasteiger charge is -2.38. The van der Waals surface area contributed by atoms with Crippen molar-refractivity contribution in [3.63, 3.8) is 0 Å². The number of ether oxygens (including phenoxy) is 1. The minimum atomic E-state index is -1.57. The molecule has 4 rings (SSSR count). The largest absolute Gasteiger partial charge is 0.346 e. The molecule has 2 heterocycles. The van der Waals surface area contributed by atoms with Crippen LogP contribution in [0.1, 0.15) is 23.6 Å². The number of carbonyl (C=O) groups excluding carboxylic acids is 1. The van der Waals surface area contributed by atoms with Crippen molar-refractivity contribution < 1.29 is 9.53 Å². The van der Waals surface area contributed by atoms with E-state index in [1.54, 1.807) is 4.90 Å². The summed E-state index contributed by atoms with van der Waals surface area (Å²) in [7, 11) is 0. The molecule has 2 aliphatic heterocycles. The van der Waals surface area contributed by atoms with E-state index in [1.807, 2.05) is 60.7 Å². The van der Waals surface area contributed by atoms with E-state index < -0.39 is 11.1 Å². The molecule has 2 atom stereocenters. The number of hydrogen-bond donors (Lipinski definition) is 0. The van der Waals surface area contributed by atoms with Crippen molar-refractivity contribution in [2.45, 2.75) is 18.2 Å². The van der Waals surface area contributed by atoms with Crippen LogP contribution in [0.3, 0.4) is 0 Å². The Balaban J connectivity index is 1.94. The summed E-state index contributed by atoms with van der Waals surface area (Å²) in [6.07, 6.45) is -0.168. The van der Waals surface area contributed by atoms with Crippen molar-refractivity contribution in [1.29, 1.82) is 10.5 Å². The molecule has 2 saturated heterocycles. The quantitative estimate of drug-likeness (QED) is 0.849. The van der Waals surface area contributed by atoms with Crippen molar-refractivity contribution in [2.24, 2.45) is 5.41 Å². The first-order chi connectivity index (χ1) is 12.2. The predicted octanol–water partition coefficient (Wildman–Crippen LogP) is 2.88. The summed E-state index contributed by atoms with van der Waals surface area (Å²) in [6, 6.07) is 22.6. The summed E-state index contributed by atoms with van der Waals surface area (Å²) in [5.41, 5.74) is -1.37. The van der Waals surface area contributed by atoms with Crippen molar-refractivity contribution in [1.82, 2.24) is 4.90 Å². The number of nitrogens with zero attached hydrogens (tertiary/aromatic N) is 3. The molecule has 2 aromatic rings. The fourth-order valence-electron chi connectivity index (χ4n) is 3.98. The maximum atomic E-state index is 12.9. The van der Waals surface area contributed by atoms with Crippen LogP contribution in [0.25, 0.3) is 0 Å². The van der Waals surface area contributed by atoms with Gasteiger partial charge in [-0.15, -0.1) is 0 Å². The van der Waals surface area contributed by atoms with Crippen LogP contribution in [-0.4, -0.2) is 17.4 Å². The van der Waals surface area contributed by atoms with E-state index >= 15 is 0 Å². The number of carbonyl (C=O) groups is 1. The van der Waals surface area contributed by atoms with Gasteiger partial charge in [0.1, 0.15) is 0 Å². The summed E-state index contributed by atoms with van der Waals surface area (Å²) in [4.78, 5) is 14.5. The molecule has 0 radical (unpaired) electrons. The second kappa shape index (κ2) is 5.44. The van der Waals surface area contributed by atoms with Crippen molar-refractivity contribution in [3.05, 3.63) is 71.8 Å². The highest BCUT2D eigenvalue weighted by Gasteiger charge is 2.71. The molecule has 0 saturated carbocycles. The van der Waals surface area contributed by atoms with Gasteiger partial charge in [-0.2, -0.15) is 10.5 Å². The van der Waals surface area contributed by atoms with Crippen LogP contribution in [0.5, 0.6) is 0 Å². The second-order valence-corrected chi connectivity index (χ2v) is 6.32. The van der Waals surface area contributed by atoms with E-state index in [0.29, 0.717) is 5.56 Å². The number of amides is 1. The van der Waals surface area contributed by atoms with Gasteiger partial charge in [0.15, 0.2) is 0 Å². The average molecular weight is 329 g/mol. The first-order valence-corrected chi connectivity index (χ1v) is 8.07. The predicted molar refractivity (Wildman–Crippen MR) is 88.4 cm³/mol. The van der Waals surface area contributed by atoms with Gasteiger partial charge in [-0.1, -0.05) is 60.7 Å². The van der Waals surface area contributed by atoms with Gasteiger partial charge >= 0.3 is 0 Å². The molecule has 5 heteroatoms. The average Bonchev–Trinajstić information content (AvgIpc) is 3.19. The van der Waals surface area contributed by atoms with Gasteiger partial charge in [-0.3, -0.25) is 9.69 Å². The Hall–Kier alpha value is -3.15. The van der Waals surface area contributed by atoms with Crippen molar-refractivity contribution in [2.75, 3.05) is 6.61 Å². The van der Waals surface area contributed by atoms with Crippen LogP contribution >= 0.6 is 0 Å². The Kier molecular flexibility index (Phi) is 3.35. The van der Waals surface area contributed by atoms with Gasteiger partial charge in [0.2, 0.25) is 17.0 Å². The molecule has 122 valence electrons. The van der Waals surface area contributed by atoms with E-state index in [1.165, 1.54) is 0 Å². The standard InChI is InChI=1S/C20H15N3O2/c21-13-19(14-22)11-18(24)23-17(15-7-3-1-4-8-15)12-25-20(19,23)16-9-5-2-6-10-16/h1-10,17H,11-12H2/t17-,20-/m0/s1. The molecule has 2 aliphatic rings. The molecule has 0 unspecified atom stereocenters. The minimum Gasteiger partial charge on any atom is -0.346 e. The highest BCUT2D eigenvalue weighted by molar-refractivity contribution is 5.84. The Morgan fingerprint density at radius 1 is 1.00 bits per heavy atom. The van der Waals surface area contributed by atoms with E-state index in [0.717, 1.165) is 5.56 Å². The van der Waals surface area contributed by atoms with Crippen LogP contribution in [0.4, 0.5) is 0 Å². The zero-order valence-corrected chi connectivity index (χ0v) is 13.4.